The van der Waals surface area contributed by atoms with E-state index >= 15 is 0 Å². The van der Waals surface area contributed by atoms with Crippen LogP contribution in [-0.4, -0.2) is 24.8 Å². The first-order valence-electron chi connectivity index (χ1n) is 4.18. The summed E-state index contributed by atoms with van der Waals surface area (Å²) < 4.78 is 11.1. The van der Waals surface area contributed by atoms with Crippen molar-refractivity contribution in [2.75, 3.05) is 13.7 Å². The second-order valence-corrected chi connectivity index (χ2v) is 4.30. The fraction of sp³-hybridized carbons (Fsp3) is 0.444. The molecular weight excluding hydrogens is 269 g/mol. The summed E-state index contributed by atoms with van der Waals surface area (Å²) in [6, 6.07) is 3.72. The Labute approximate surface area is 95.5 Å². The number of pyridine rings is 1. The average molecular weight is 279 g/mol. The van der Waals surface area contributed by atoms with Gasteiger partial charge in [-0.2, -0.15) is 0 Å². The van der Waals surface area contributed by atoms with E-state index in [1.165, 1.54) is 0 Å². The summed E-state index contributed by atoms with van der Waals surface area (Å²) in [4.78, 5) is 4.01. The lowest BCUT2D eigenvalue weighted by atomic mass is 10.1. The van der Waals surface area contributed by atoms with Crippen molar-refractivity contribution in [2.45, 2.75) is 12.2 Å². The first-order chi connectivity index (χ1) is 6.70. The molecule has 0 spiro atoms. The summed E-state index contributed by atoms with van der Waals surface area (Å²) in [5, 5.41) is 0.473. The maximum Gasteiger partial charge on any atom is 0.130 e. The van der Waals surface area contributed by atoms with Crippen molar-refractivity contribution in [2.24, 2.45) is 0 Å². The van der Waals surface area contributed by atoms with Crippen LogP contribution >= 0.6 is 27.5 Å². The molecule has 1 aromatic rings. The Balaban J connectivity index is 2.11. The Morgan fingerprint density at radius 3 is 3.07 bits per heavy atom. The van der Waals surface area contributed by atoms with Crippen molar-refractivity contribution in [3.05, 3.63) is 27.5 Å². The number of hydrogen-bond acceptors (Lipinski definition) is 3. The molecule has 1 aliphatic rings. The Morgan fingerprint density at radius 2 is 2.43 bits per heavy atom. The van der Waals surface area contributed by atoms with Gasteiger partial charge in [0.15, 0.2) is 0 Å². The van der Waals surface area contributed by atoms with Crippen LogP contribution in [-0.2, 0) is 9.47 Å². The number of nitrogens with zero attached hydrogens (tertiary/aromatic N) is 1. The second-order valence-electron chi connectivity index (χ2n) is 3.10. The SMILES string of the molecule is COC[C@@H]1O[C@@H]1c1cc(Cl)nc(Br)c1. The van der Waals surface area contributed by atoms with Crippen molar-refractivity contribution in [3.63, 3.8) is 0 Å². The van der Waals surface area contributed by atoms with Crippen LogP contribution in [0.25, 0.3) is 0 Å². The van der Waals surface area contributed by atoms with Gasteiger partial charge in [0.1, 0.15) is 22.0 Å². The third-order valence-electron chi connectivity index (χ3n) is 2.03. The average Bonchev–Trinajstić information content (AvgIpc) is 2.82. The van der Waals surface area contributed by atoms with Crippen LogP contribution in [0.5, 0.6) is 0 Å². The van der Waals surface area contributed by atoms with E-state index in [-0.39, 0.29) is 12.2 Å². The van der Waals surface area contributed by atoms with Gasteiger partial charge < -0.3 is 9.47 Å². The second kappa shape index (κ2) is 4.14. The Bertz CT molecular complexity index is 327. The summed E-state index contributed by atoms with van der Waals surface area (Å²) in [7, 11) is 1.66. The summed E-state index contributed by atoms with van der Waals surface area (Å²) in [6.45, 7) is 0.613. The molecule has 0 aromatic carbocycles. The lowest BCUT2D eigenvalue weighted by Crippen LogP contribution is -1.98. The van der Waals surface area contributed by atoms with Crippen molar-refractivity contribution >= 4 is 27.5 Å². The lowest BCUT2D eigenvalue weighted by molar-refractivity contribution is 0.171. The van der Waals surface area contributed by atoms with Crippen LogP contribution in [0.2, 0.25) is 5.15 Å². The summed E-state index contributed by atoms with van der Waals surface area (Å²) in [5.74, 6) is 0. The molecule has 1 fully saturated rings. The van der Waals surface area contributed by atoms with Crippen LogP contribution in [0.4, 0.5) is 0 Å². The monoisotopic (exact) mass is 277 g/mol. The van der Waals surface area contributed by atoms with Gasteiger partial charge in [0, 0.05) is 7.11 Å². The fourth-order valence-corrected chi connectivity index (χ4v) is 2.15. The van der Waals surface area contributed by atoms with Gasteiger partial charge in [0.2, 0.25) is 0 Å². The molecule has 0 amide bonds. The molecule has 3 nitrogen and oxygen atoms in total. The smallest absolute Gasteiger partial charge is 0.130 e. The number of epoxide rings is 1. The molecule has 2 rings (SSSR count). The topological polar surface area (TPSA) is 34.6 Å². The van der Waals surface area contributed by atoms with Gasteiger partial charge in [-0.15, -0.1) is 0 Å². The Morgan fingerprint density at radius 1 is 1.64 bits per heavy atom. The number of halogens is 2. The number of ether oxygens (including phenoxy) is 2. The van der Waals surface area contributed by atoms with E-state index in [4.69, 9.17) is 21.1 Å². The van der Waals surface area contributed by atoms with E-state index in [2.05, 4.69) is 20.9 Å². The van der Waals surface area contributed by atoms with Crippen molar-refractivity contribution in [1.82, 2.24) is 4.98 Å². The molecule has 1 aliphatic heterocycles. The molecule has 0 unspecified atom stereocenters. The van der Waals surface area contributed by atoms with Crippen LogP contribution in [0.3, 0.4) is 0 Å². The third kappa shape index (κ3) is 2.25. The maximum absolute atomic E-state index is 5.82. The first-order valence-corrected chi connectivity index (χ1v) is 5.35. The molecule has 0 aliphatic carbocycles. The minimum absolute atomic E-state index is 0.103. The predicted octanol–water partition coefficient (Wildman–Crippen LogP) is 2.58. The van der Waals surface area contributed by atoms with Crippen LogP contribution in [0, 0.1) is 0 Å². The summed E-state index contributed by atoms with van der Waals surface area (Å²) in [6.07, 6.45) is 0.261. The van der Waals surface area contributed by atoms with Crippen LogP contribution in [0.15, 0.2) is 16.7 Å². The predicted molar refractivity (Wildman–Crippen MR) is 56.4 cm³/mol. The molecule has 2 atom stereocenters. The van der Waals surface area contributed by atoms with Crippen molar-refractivity contribution in [1.29, 1.82) is 0 Å². The summed E-state index contributed by atoms with van der Waals surface area (Å²) in [5.41, 5.74) is 1.04. The quantitative estimate of drug-likeness (QED) is 0.629. The minimum Gasteiger partial charge on any atom is -0.382 e. The normalized spacial score (nSPS) is 25.1. The van der Waals surface area contributed by atoms with E-state index in [9.17, 15) is 0 Å². The lowest BCUT2D eigenvalue weighted by Gasteiger charge is -1.98. The first kappa shape index (κ1) is 10.4. The Kier molecular flexibility index (Phi) is 3.07. The molecule has 0 bridgehead atoms. The van der Waals surface area contributed by atoms with E-state index in [1.807, 2.05) is 12.1 Å². The highest BCUT2D eigenvalue weighted by Gasteiger charge is 2.40. The van der Waals surface area contributed by atoms with Crippen molar-refractivity contribution < 1.29 is 9.47 Å². The zero-order valence-electron chi connectivity index (χ0n) is 7.54. The molecule has 0 N–H and O–H groups in total. The van der Waals surface area contributed by atoms with Crippen LogP contribution in [0.1, 0.15) is 11.7 Å². The highest BCUT2D eigenvalue weighted by Crippen LogP contribution is 2.39. The molecule has 1 aromatic heterocycles. The van der Waals surface area contributed by atoms with Gasteiger partial charge in [-0.3, -0.25) is 0 Å². The number of rotatable bonds is 3. The molecule has 0 saturated carbocycles. The van der Waals surface area contributed by atoms with Gasteiger partial charge in [-0.25, -0.2) is 4.98 Å². The molecule has 14 heavy (non-hydrogen) atoms. The van der Waals surface area contributed by atoms with E-state index < -0.39 is 0 Å². The molecule has 2 heterocycles. The van der Waals surface area contributed by atoms with Crippen LogP contribution < -0.4 is 0 Å². The number of methoxy groups -OCH3 is 1. The van der Waals surface area contributed by atoms with Gasteiger partial charge in [0.05, 0.1) is 6.61 Å². The number of aromatic nitrogens is 1. The minimum atomic E-state index is 0.103. The zero-order chi connectivity index (χ0) is 10.1. The third-order valence-corrected chi connectivity index (χ3v) is 2.63. The summed E-state index contributed by atoms with van der Waals surface area (Å²) >= 11 is 9.10. The highest BCUT2D eigenvalue weighted by molar-refractivity contribution is 9.10. The molecular formula is C9H9BrClNO2. The standard InChI is InChI=1S/C9H9BrClNO2/c1-13-4-6-9(14-6)5-2-7(10)12-8(11)3-5/h2-3,6,9H,4H2,1H3/t6-,9+/m0/s1. The van der Waals surface area contributed by atoms with E-state index in [1.54, 1.807) is 7.11 Å². The Hall–Kier alpha value is -0.160. The maximum atomic E-state index is 5.82. The van der Waals surface area contributed by atoms with Gasteiger partial charge in [0.25, 0.3) is 0 Å². The zero-order valence-corrected chi connectivity index (χ0v) is 9.88. The van der Waals surface area contributed by atoms with E-state index in [0.29, 0.717) is 11.8 Å². The van der Waals surface area contributed by atoms with Gasteiger partial charge in [-0.05, 0) is 33.6 Å². The molecule has 76 valence electrons. The molecule has 0 radical (unpaired) electrons. The number of hydrogen-bond donors (Lipinski definition) is 0. The molecule has 1 saturated heterocycles. The van der Waals surface area contributed by atoms with E-state index in [0.717, 1.165) is 10.2 Å². The van der Waals surface area contributed by atoms with Gasteiger partial charge >= 0.3 is 0 Å². The van der Waals surface area contributed by atoms with Gasteiger partial charge in [-0.1, -0.05) is 11.6 Å². The molecule has 5 heteroatoms. The van der Waals surface area contributed by atoms with Crippen molar-refractivity contribution in [3.8, 4) is 0 Å². The fourth-order valence-electron chi connectivity index (χ4n) is 1.37. The largest absolute Gasteiger partial charge is 0.382 e. The highest BCUT2D eigenvalue weighted by atomic mass is 79.9.